The second-order valence-electron chi connectivity index (χ2n) is 9.68. The SMILES string of the molecule is CN(C(=O)c1ccc2c(c1)[C@H](NC(=O)Cc1ccccc1Cl)CC2)C1CCN(c2ccncc2)CC1. The Balaban J connectivity index is 1.22. The van der Waals surface area contributed by atoms with Crippen LogP contribution in [0.15, 0.2) is 67.0 Å². The average Bonchev–Trinajstić information content (AvgIpc) is 3.31. The van der Waals surface area contributed by atoms with Crippen LogP contribution in [-0.4, -0.2) is 47.9 Å². The van der Waals surface area contributed by atoms with E-state index < -0.39 is 0 Å². The van der Waals surface area contributed by atoms with Crippen molar-refractivity contribution in [2.24, 2.45) is 0 Å². The number of carbonyl (C=O) groups excluding carboxylic acids is 2. The van der Waals surface area contributed by atoms with E-state index in [0.717, 1.165) is 49.9 Å². The lowest BCUT2D eigenvalue weighted by atomic mass is 10.00. The number of aryl methyl sites for hydroxylation is 1. The van der Waals surface area contributed by atoms with Gasteiger partial charge in [0.2, 0.25) is 5.91 Å². The molecule has 1 atom stereocenters. The van der Waals surface area contributed by atoms with Gasteiger partial charge < -0.3 is 15.1 Å². The van der Waals surface area contributed by atoms with E-state index in [0.29, 0.717) is 10.6 Å². The number of piperidine rings is 1. The number of hydrogen-bond acceptors (Lipinski definition) is 4. The number of halogens is 1. The molecule has 36 heavy (non-hydrogen) atoms. The van der Waals surface area contributed by atoms with Gasteiger partial charge in [-0.15, -0.1) is 0 Å². The number of carbonyl (C=O) groups is 2. The Morgan fingerprint density at radius 2 is 1.81 bits per heavy atom. The molecular formula is C29H31ClN4O2. The van der Waals surface area contributed by atoms with Gasteiger partial charge in [0.25, 0.3) is 5.91 Å². The van der Waals surface area contributed by atoms with Gasteiger partial charge in [0.05, 0.1) is 12.5 Å². The summed E-state index contributed by atoms with van der Waals surface area (Å²) in [7, 11) is 1.91. The number of rotatable bonds is 6. The number of aromatic nitrogens is 1. The van der Waals surface area contributed by atoms with Crippen LogP contribution < -0.4 is 10.2 Å². The molecule has 6 nitrogen and oxygen atoms in total. The molecule has 0 unspecified atom stereocenters. The summed E-state index contributed by atoms with van der Waals surface area (Å²) < 4.78 is 0. The lowest BCUT2D eigenvalue weighted by Crippen LogP contribution is -2.45. The van der Waals surface area contributed by atoms with Crippen molar-refractivity contribution < 1.29 is 9.59 Å². The van der Waals surface area contributed by atoms with Crippen molar-refractivity contribution in [1.82, 2.24) is 15.2 Å². The summed E-state index contributed by atoms with van der Waals surface area (Å²) in [5.41, 5.74) is 4.92. The molecule has 5 rings (SSSR count). The molecule has 186 valence electrons. The molecule has 7 heteroatoms. The third-order valence-electron chi connectivity index (χ3n) is 7.48. The van der Waals surface area contributed by atoms with Crippen molar-refractivity contribution >= 4 is 29.1 Å². The first-order valence-electron chi connectivity index (χ1n) is 12.6. The molecule has 0 saturated carbocycles. The molecule has 1 fully saturated rings. The van der Waals surface area contributed by atoms with Gasteiger partial charge in [-0.05, 0) is 72.7 Å². The number of nitrogens with one attached hydrogen (secondary N) is 1. The lowest BCUT2D eigenvalue weighted by molar-refractivity contribution is -0.121. The van der Waals surface area contributed by atoms with Crippen LogP contribution in [0, 0.1) is 0 Å². The van der Waals surface area contributed by atoms with Crippen LogP contribution in [0.3, 0.4) is 0 Å². The third-order valence-corrected chi connectivity index (χ3v) is 7.84. The molecule has 1 aliphatic heterocycles. The summed E-state index contributed by atoms with van der Waals surface area (Å²) in [4.78, 5) is 34.5. The van der Waals surface area contributed by atoms with Crippen molar-refractivity contribution in [1.29, 1.82) is 0 Å². The van der Waals surface area contributed by atoms with Crippen molar-refractivity contribution in [3.8, 4) is 0 Å². The van der Waals surface area contributed by atoms with Gasteiger partial charge in [0.15, 0.2) is 0 Å². The van der Waals surface area contributed by atoms with E-state index in [2.05, 4.69) is 15.2 Å². The molecule has 0 bridgehead atoms. The fourth-order valence-electron chi connectivity index (χ4n) is 5.38. The van der Waals surface area contributed by atoms with Gasteiger partial charge in [0, 0.05) is 54.8 Å². The number of anilines is 1. The Morgan fingerprint density at radius 1 is 1.06 bits per heavy atom. The summed E-state index contributed by atoms with van der Waals surface area (Å²) >= 11 is 6.23. The van der Waals surface area contributed by atoms with Gasteiger partial charge in [0.1, 0.15) is 0 Å². The number of fused-ring (bicyclic) bond motifs is 1. The summed E-state index contributed by atoms with van der Waals surface area (Å²) in [6.07, 6.45) is 7.46. The zero-order valence-electron chi connectivity index (χ0n) is 20.5. The van der Waals surface area contributed by atoms with Crippen LogP contribution in [-0.2, 0) is 17.6 Å². The number of nitrogens with zero attached hydrogens (tertiary/aromatic N) is 3. The zero-order chi connectivity index (χ0) is 25.1. The van der Waals surface area contributed by atoms with Crippen LogP contribution >= 0.6 is 11.6 Å². The first-order valence-corrected chi connectivity index (χ1v) is 12.9. The van der Waals surface area contributed by atoms with Gasteiger partial charge in [-0.2, -0.15) is 0 Å². The van der Waals surface area contributed by atoms with E-state index in [1.165, 1.54) is 11.3 Å². The van der Waals surface area contributed by atoms with E-state index in [4.69, 9.17) is 11.6 Å². The van der Waals surface area contributed by atoms with Crippen molar-refractivity contribution in [2.45, 2.75) is 44.2 Å². The highest BCUT2D eigenvalue weighted by Gasteiger charge is 2.29. The molecule has 0 spiro atoms. The maximum atomic E-state index is 13.4. The lowest BCUT2D eigenvalue weighted by Gasteiger charge is -2.38. The van der Waals surface area contributed by atoms with E-state index in [1.54, 1.807) is 6.07 Å². The molecule has 2 aromatic carbocycles. The quantitative estimate of drug-likeness (QED) is 0.524. The number of hydrogen-bond donors (Lipinski definition) is 1. The second kappa shape index (κ2) is 10.7. The third kappa shape index (κ3) is 5.24. The smallest absolute Gasteiger partial charge is 0.253 e. The molecule has 1 N–H and O–H groups in total. The molecule has 2 amide bonds. The van der Waals surface area contributed by atoms with Gasteiger partial charge in [-0.25, -0.2) is 0 Å². The normalized spacial score (nSPS) is 17.5. The summed E-state index contributed by atoms with van der Waals surface area (Å²) in [5.74, 6) is -0.0241. The fraction of sp³-hybridized carbons (Fsp3) is 0.345. The molecule has 3 aromatic rings. The van der Waals surface area contributed by atoms with Crippen molar-refractivity contribution in [3.63, 3.8) is 0 Å². The highest BCUT2D eigenvalue weighted by molar-refractivity contribution is 6.31. The van der Waals surface area contributed by atoms with Gasteiger partial charge in [-0.3, -0.25) is 14.6 Å². The van der Waals surface area contributed by atoms with Gasteiger partial charge in [-0.1, -0.05) is 35.9 Å². The molecule has 1 saturated heterocycles. The monoisotopic (exact) mass is 502 g/mol. The molecule has 0 radical (unpaired) electrons. The standard InChI is InChI=1S/C29H31ClN4O2/c1-33(23-12-16-34(17-13-23)24-10-14-31-15-11-24)29(36)22-7-6-20-8-9-27(25(20)18-22)32-28(35)19-21-4-2-3-5-26(21)30/h2-7,10-11,14-15,18,23,27H,8-9,12-13,16-17,19H2,1H3,(H,32,35)/t27-/m1/s1. The highest BCUT2D eigenvalue weighted by atomic mass is 35.5. The number of benzene rings is 2. The van der Waals surface area contributed by atoms with E-state index in [9.17, 15) is 9.59 Å². The predicted octanol–water partition coefficient (Wildman–Crippen LogP) is 4.82. The zero-order valence-corrected chi connectivity index (χ0v) is 21.2. The molecule has 1 aromatic heterocycles. The maximum Gasteiger partial charge on any atom is 0.253 e. The van der Waals surface area contributed by atoms with Crippen molar-refractivity contribution in [3.05, 3.63) is 94.3 Å². The summed E-state index contributed by atoms with van der Waals surface area (Å²) in [5, 5.41) is 3.76. The predicted molar refractivity (Wildman–Crippen MR) is 142 cm³/mol. The van der Waals surface area contributed by atoms with Crippen LogP contribution in [0.2, 0.25) is 5.02 Å². The summed E-state index contributed by atoms with van der Waals surface area (Å²) in [6.45, 7) is 1.83. The second-order valence-corrected chi connectivity index (χ2v) is 10.1. The van der Waals surface area contributed by atoms with Crippen LogP contribution in [0.25, 0.3) is 0 Å². The van der Waals surface area contributed by atoms with Crippen LogP contribution in [0.1, 0.15) is 52.4 Å². The van der Waals surface area contributed by atoms with Crippen LogP contribution in [0.4, 0.5) is 5.69 Å². The first-order chi connectivity index (χ1) is 17.5. The number of amides is 2. The Morgan fingerprint density at radius 3 is 2.56 bits per heavy atom. The minimum atomic E-state index is -0.0864. The average molecular weight is 503 g/mol. The number of pyridine rings is 1. The molecular weight excluding hydrogens is 472 g/mol. The first kappa shape index (κ1) is 24.3. The highest BCUT2D eigenvalue weighted by Crippen LogP contribution is 2.33. The fourth-order valence-corrected chi connectivity index (χ4v) is 5.58. The van der Waals surface area contributed by atoms with Crippen LogP contribution in [0.5, 0.6) is 0 Å². The van der Waals surface area contributed by atoms with E-state index >= 15 is 0 Å². The van der Waals surface area contributed by atoms with E-state index in [1.807, 2.05) is 72.9 Å². The Bertz CT molecular complexity index is 1240. The van der Waals surface area contributed by atoms with Crippen molar-refractivity contribution in [2.75, 3.05) is 25.0 Å². The largest absolute Gasteiger partial charge is 0.371 e. The Labute approximate surface area is 217 Å². The Hall–Kier alpha value is -3.38. The minimum Gasteiger partial charge on any atom is -0.371 e. The summed E-state index contributed by atoms with van der Waals surface area (Å²) in [6, 6.07) is 17.5. The van der Waals surface area contributed by atoms with E-state index in [-0.39, 0.29) is 30.3 Å². The topological polar surface area (TPSA) is 65.5 Å². The molecule has 1 aliphatic carbocycles. The molecule has 2 heterocycles. The minimum absolute atomic E-state index is 0.0354. The maximum absolute atomic E-state index is 13.4. The van der Waals surface area contributed by atoms with Gasteiger partial charge >= 0.3 is 0 Å². The molecule has 2 aliphatic rings. The Kier molecular flexibility index (Phi) is 7.23.